The minimum Gasteiger partial charge on any atom is -0.355 e. The molecule has 5 nitrogen and oxygen atoms in total. The van der Waals surface area contributed by atoms with Crippen molar-refractivity contribution in [2.45, 2.75) is 39.0 Å². The van der Waals surface area contributed by atoms with E-state index in [2.05, 4.69) is 15.5 Å². The molecule has 0 unspecified atom stereocenters. The van der Waals surface area contributed by atoms with Crippen molar-refractivity contribution in [1.82, 2.24) is 15.1 Å². The summed E-state index contributed by atoms with van der Waals surface area (Å²) in [6, 6.07) is 11.9. The molecule has 1 saturated carbocycles. The second-order valence-electron chi connectivity index (χ2n) is 6.99. The molecular formula is C21H24N4O. The second-order valence-corrected chi connectivity index (χ2v) is 6.99. The van der Waals surface area contributed by atoms with Crippen LogP contribution in [0.4, 0.5) is 5.95 Å². The zero-order valence-electron chi connectivity index (χ0n) is 15.1. The van der Waals surface area contributed by atoms with Crippen molar-refractivity contribution in [3.63, 3.8) is 0 Å². The lowest BCUT2D eigenvalue weighted by Gasteiger charge is -2.21. The predicted molar refractivity (Wildman–Crippen MR) is 103 cm³/mol. The number of aryl methyl sites for hydroxylation is 1. The number of hydrogen-bond acceptors (Lipinski definition) is 5. The van der Waals surface area contributed by atoms with Crippen molar-refractivity contribution in [1.29, 1.82) is 0 Å². The lowest BCUT2D eigenvalue weighted by molar-refractivity contribution is 0.373. The van der Waals surface area contributed by atoms with Crippen molar-refractivity contribution in [2.75, 3.05) is 11.9 Å². The fourth-order valence-corrected chi connectivity index (χ4v) is 3.67. The van der Waals surface area contributed by atoms with Gasteiger partial charge in [0.1, 0.15) is 0 Å². The minimum absolute atomic E-state index is 0.674. The van der Waals surface area contributed by atoms with Crippen LogP contribution in [-0.4, -0.2) is 21.7 Å². The predicted octanol–water partition coefficient (Wildman–Crippen LogP) is 5.10. The van der Waals surface area contributed by atoms with Crippen molar-refractivity contribution < 1.29 is 4.52 Å². The SMILES string of the molecule is Cc1noc(-c2ccccc2)c1-c1ccnc(NCC2CCCCC2)n1. The average Bonchev–Trinajstić information content (AvgIpc) is 3.09. The maximum absolute atomic E-state index is 5.60. The Bertz CT molecular complexity index is 853. The summed E-state index contributed by atoms with van der Waals surface area (Å²) >= 11 is 0. The summed E-state index contributed by atoms with van der Waals surface area (Å²) in [5.41, 5.74) is 3.60. The summed E-state index contributed by atoms with van der Waals surface area (Å²) < 4.78 is 5.60. The summed E-state index contributed by atoms with van der Waals surface area (Å²) in [7, 11) is 0. The van der Waals surface area contributed by atoms with E-state index >= 15 is 0 Å². The molecule has 1 aliphatic carbocycles. The highest BCUT2D eigenvalue weighted by Gasteiger charge is 2.19. The molecule has 0 atom stereocenters. The van der Waals surface area contributed by atoms with Gasteiger partial charge in [0, 0.05) is 18.3 Å². The van der Waals surface area contributed by atoms with E-state index in [0.717, 1.165) is 40.7 Å². The Hall–Kier alpha value is -2.69. The first-order valence-corrected chi connectivity index (χ1v) is 9.40. The van der Waals surface area contributed by atoms with Crippen LogP contribution in [0.5, 0.6) is 0 Å². The molecule has 1 N–H and O–H groups in total. The zero-order chi connectivity index (χ0) is 17.8. The molecule has 5 heteroatoms. The van der Waals surface area contributed by atoms with Gasteiger partial charge in [-0.15, -0.1) is 0 Å². The van der Waals surface area contributed by atoms with Crippen LogP contribution < -0.4 is 5.32 Å². The van der Waals surface area contributed by atoms with Crippen LogP contribution >= 0.6 is 0 Å². The van der Waals surface area contributed by atoms with E-state index in [-0.39, 0.29) is 0 Å². The second kappa shape index (κ2) is 7.68. The molecule has 0 saturated heterocycles. The molecule has 0 bridgehead atoms. The summed E-state index contributed by atoms with van der Waals surface area (Å²) in [5.74, 6) is 2.15. The van der Waals surface area contributed by atoms with Gasteiger partial charge in [0.2, 0.25) is 5.95 Å². The molecule has 0 amide bonds. The molecule has 0 spiro atoms. The molecule has 1 fully saturated rings. The first kappa shape index (κ1) is 16.8. The van der Waals surface area contributed by atoms with E-state index in [1.54, 1.807) is 6.20 Å². The highest BCUT2D eigenvalue weighted by molar-refractivity contribution is 5.79. The fourth-order valence-electron chi connectivity index (χ4n) is 3.67. The Balaban J connectivity index is 1.58. The zero-order valence-corrected chi connectivity index (χ0v) is 15.1. The van der Waals surface area contributed by atoms with Crippen molar-refractivity contribution >= 4 is 5.95 Å². The van der Waals surface area contributed by atoms with Gasteiger partial charge in [0.15, 0.2) is 5.76 Å². The molecule has 0 radical (unpaired) electrons. The third-order valence-corrected chi connectivity index (χ3v) is 5.08. The third kappa shape index (κ3) is 3.62. The Labute approximate surface area is 153 Å². The number of nitrogens with zero attached hydrogens (tertiary/aromatic N) is 3. The van der Waals surface area contributed by atoms with Gasteiger partial charge in [-0.1, -0.05) is 54.8 Å². The summed E-state index contributed by atoms with van der Waals surface area (Å²) in [6.45, 7) is 2.89. The van der Waals surface area contributed by atoms with Gasteiger partial charge in [0.25, 0.3) is 0 Å². The van der Waals surface area contributed by atoms with Crippen molar-refractivity contribution in [3.05, 3.63) is 48.3 Å². The van der Waals surface area contributed by atoms with E-state index in [4.69, 9.17) is 9.51 Å². The topological polar surface area (TPSA) is 63.8 Å². The standard InChI is InChI=1S/C21H24N4O/c1-15-19(20(26-25-15)17-10-6-3-7-11-17)18-12-13-22-21(24-18)23-14-16-8-4-2-5-9-16/h3,6-7,10-13,16H,2,4-5,8-9,14H2,1H3,(H,22,23,24). The Morgan fingerprint density at radius 1 is 1.08 bits per heavy atom. The molecular weight excluding hydrogens is 324 g/mol. The van der Waals surface area contributed by atoms with Gasteiger partial charge >= 0.3 is 0 Å². The number of benzene rings is 1. The Kier molecular flexibility index (Phi) is 4.95. The van der Waals surface area contributed by atoms with Crippen LogP contribution in [0, 0.1) is 12.8 Å². The molecule has 134 valence electrons. The first-order chi connectivity index (χ1) is 12.8. The van der Waals surface area contributed by atoms with E-state index in [1.165, 1.54) is 32.1 Å². The molecule has 2 aromatic heterocycles. The van der Waals surface area contributed by atoms with Crippen LogP contribution in [0.25, 0.3) is 22.6 Å². The molecule has 3 aromatic rings. The molecule has 1 aliphatic rings. The number of anilines is 1. The maximum atomic E-state index is 5.60. The Morgan fingerprint density at radius 3 is 2.69 bits per heavy atom. The van der Waals surface area contributed by atoms with Crippen LogP contribution in [0.15, 0.2) is 47.1 Å². The third-order valence-electron chi connectivity index (χ3n) is 5.08. The molecule has 0 aliphatic heterocycles. The quantitative estimate of drug-likeness (QED) is 0.695. The number of aromatic nitrogens is 3. The van der Waals surface area contributed by atoms with E-state index in [9.17, 15) is 0 Å². The average molecular weight is 348 g/mol. The largest absolute Gasteiger partial charge is 0.355 e. The van der Waals surface area contributed by atoms with Gasteiger partial charge < -0.3 is 9.84 Å². The molecule has 26 heavy (non-hydrogen) atoms. The number of hydrogen-bond donors (Lipinski definition) is 1. The van der Waals surface area contributed by atoms with Crippen LogP contribution in [0.1, 0.15) is 37.8 Å². The van der Waals surface area contributed by atoms with E-state index in [1.807, 2.05) is 43.3 Å². The monoisotopic (exact) mass is 348 g/mol. The summed E-state index contributed by atoms with van der Waals surface area (Å²) in [5, 5.41) is 7.58. The molecule has 4 rings (SSSR count). The van der Waals surface area contributed by atoms with Gasteiger partial charge in [-0.3, -0.25) is 0 Å². The highest BCUT2D eigenvalue weighted by Crippen LogP contribution is 2.34. The van der Waals surface area contributed by atoms with E-state index in [0.29, 0.717) is 5.95 Å². The van der Waals surface area contributed by atoms with Gasteiger partial charge in [-0.05, 0) is 31.7 Å². The molecule has 2 heterocycles. The lowest BCUT2D eigenvalue weighted by Crippen LogP contribution is -2.18. The van der Waals surface area contributed by atoms with Crippen LogP contribution in [0.3, 0.4) is 0 Å². The fraction of sp³-hybridized carbons (Fsp3) is 0.381. The number of rotatable bonds is 5. The van der Waals surface area contributed by atoms with Crippen LogP contribution in [0.2, 0.25) is 0 Å². The smallest absolute Gasteiger partial charge is 0.223 e. The summed E-state index contributed by atoms with van der Waals surface area (Å²) in [4.78, 5) is 9.12. The Morgan fingerprint density at radius 2 is 1.88 bits per heavy atom. The summed E-state index contributed by atoms with van der Waals surface area (Å²) in [6.07, 6.45) is 8.45. The van der Waals surface area contributed by atoms with Gasteiger partial charge in [-0.2, -0.15) is 0 Å². The first-order valence-electron chi connectivity index (χ1n) is 9.40. The van der Waals surface area contributed by atoms with Crippen LogP contribution in [-0.2, 0) is 0 Å². The number of nitrogens with one attached hydrogen (secondary N) is 1. The highest BCUT2D eigenvalue weighted by atomic mass is 16.5. The maximum Gasteiger partial charge on any atom is 0.223 e. The molecule has 1 aromatic carbocycles. The lowest BCUT2D eigenvalue weighted by atomic mass is 9.89. The van der Waals surface area contributed by atoms with Gasteiger partial charge in [0.05, 0.1) is 17.0 Å². The minimum atomic E-state index is 0.674. The van der Waals surface area contributed by atoms with Crippen molar-refractivity contribution in [3.8, 4) is 22.6 Å². The van der Waals surface area contributed by atoms with Crippen molar-refractivity contribution in [2.24, 2.45) is 5.92 Å². The normalized spacial score (nSPS) is 15.1. The van der Waals surface area contributed by atoms with Gasteiger partial charge in [-0.25, -0.2) is 9.97 Å². The van der Waals surface area contributed by atoms with E-state index < -0.39 is 0 Å².